The molecule has 0 saturated carbocycles. The molecule has 4 nitrogen and oxygen atoms in total. The Morgan fingerprint density at radius 1 is 1.50 bits per heavy atom. The van der Waals surface area contributed by atoms with Crippen molar-refractivity contribution >= 4 is 5.91 Å². The summed E-state index contributed by atoms with van der Waals surface area (Å²) in [6.07, 6.45) is 3.21. The van der Waals surface area contributed by atoms with Crippen molar-refractivity contribution in [2.75, 3.05) is 20.6 Å². The van der Waals surface area contributed by atoms with Gasteiger partial charge in [-0.1, -0.05) is 0 Å². The van der Waals surface area contributed by atoms with Gasteiger partial charge in [0.25, 0.3) is 0 Å². The molecule has 1 amide bonds. The maximum Gasteiger partial charge on any atom is 0.236 e. The summed E-state index contributed by atoms with van der Waals surface area (Å²) < 4.78 is 0. The van der Waals surface area contributed by atoms with Crippen LogP contribution in [0.2, 0.25) is 0 Å². The minimum Gasteiger partial charge on any atom is -0.358 e. The molecule has 2 atom stereocenters. The van der Waals surface area contributed by atoms with Crippen molar-refractivity contribution in [3.8, 4) is 0 Å². The van der Waals surface area contributed by atoms with Crippen LogP contribution < -0.4 is 10.6 Å². The number of likely N-dealkylation sites (N-methyl/N-ethyl adjacent to an activating group) is 1. The quantitative estimate of drug-likeness (QED) is 0.722. The lowest BCUT2D eigenvalue weighted by atomic mass is 10.1. The molecule has 16 heavy (non-hydrogen) atoms. The van der Waals surface area contributed by atoms with Crippen LogP contribution in [0.25, 0.3) is 0 Å². The normalized spacial score (nSPS) is 25.4. The summed E-state index contributed by atoms with van der Waals surface area (Å²) in [6.45, 7) is 5.50. The van der Waals surface area contributed by atoms with E-state index in [2.05, 4.69) is 36.4 Å². The molecule has 0 aromatic rings. The molecule has 0 aromatic carbocycles. The largest absolute Gasteiger partial charge is 0.358 e. The van der Waals surface area contributed by atoms with Gasteiger partial charge >= 0.3 is 0 Å². The van der Waals surface area contributed by atoms with Gasteiger partial charge in [-0.3, -0.25) is 4.79 Å². The molecular formula is C12H25N3O. The molecule has 1 aliphatic heterocycles. The number of amides is 1. The van der Waals surface area contributed by atoms with Crippen LogP contribution in [0.5, 0.6) is 0 Å². The van der Waals surface area contributed by atoms with Crippen LogP contribution in [0.4, 0.5) is 0 Å². The molecule has 94 valence electrons. The third kappa shape index (κ3) is 3.76. The monoisotopic (exact) mass is 227 g/mol. The molecule has 0 radical (unpaired) electrons. The Kier molecular flexibility index (Phi) is 5.22. The van der Waals surface area contributed by atoms with Gasteiger partial charge in [-0.25, -0.2) is 0 Å². The standard InChI is InChI=1S/C12H25N3O/c1-9(2)15(4)8-7-10-5-6-11(14-10)12(16)13-3/h9-11,14H,5-8H2,1-4H3,(H,13,16). The maximum atomic E-state index is 11.4. The molecule has 0 spiro atoms. The Bertz CT molecular complexity index is 230. The molecule has 0 bridgehead atoms. The van der Waals surface area contributed by atoms with Gasteiger partial charge < -0.3 is 15.5 Å². The smallest absolute Gasteiger partial charge is 0.236 e. The van der Waals surface area contributed by atoms with Crippen LogP contribution in [0.3, 0.4) is 0 Å². The van der Waals surface area contributed by atoms with Crippen molar-refractivity contribution in [2.24, 2.45) is 0 Å². The van der Waals surface area contributed by atoms with Gasteiger partial charge in [0.2, 0.25) is 5.91 Å². The molecule has 1 rings (SSSR count). The Hall–Kier alpha value is -0.610. The fraction of sp³-hybridized carbons (Fsp3) is 0.917. The number of hydrogen-bond acceptors (Lipinski definition) is 3. The first-order chi connectivity index (χ1) is 7.54. The number of rotatable bonds is 5. The molecule has 1 saturated heterocycles. The SMILES string of the molecule is CNC(=O)C1CCC(CCN(C)C(C)C)N1. The molecule has 0 aromatic heterocycles. The van der Waals surface area contributed by atoms with Crippen molar-refractivity contribution in [3.63, 3.8) is 0 Å². The highest BCUT2D eigenvalue weighted by atomic mass is 16.2. The van der Waals surface area contributed by atoms with Crippen molar-refractivity contribution in [1.82, 2.24) is 15.5 Å². The second kappa shape index (κ2) is 6.21. The molecule has 1 aliphatic rings. The Morgan fingerprint density at radius 2 is 2.19 bits per heavy atom. The van der Waals surface area contributed by atoms with Crippen molar-refractivity contribution in [3.05, 3.63) is 0 Å². The van der Waals surface area contributed by atoms with E-state index < -0.39 is 0 Å². The summed E-state index contributed by atoms with van der Waals surface area (Å²) >= 11 is 0. The summed E-state index contributed by atoms with van der Waals surface area (Å²) in [7, 11) is 3.85. The minimum atomic E-state index is 0.0272. The zero-order valence-corrected chi connectivity index (χ0v) is 10.9. The highest BCUT2D eigenvalue weighted by Gasteiger charge is 2.28. The van der Waals surface area contributed by atoms with E-state index in [1.165, 1.54) is 0 Å². The fourth-order valence-electron chi connectivity index (χ4n) is 2.05. The topological polar surface area (TPSA) is 44.4 Å². The number of carbonyl (C=O) groups is 1. The van der Waals surface area contributed by atoms with Gasteiger partial charge in [0.05, 0.1) is 6.04 Å². The van der Waals surface area contributed by atoms with E-state index in [-0.39, 0.29) is 11.9 Å². The summed E-state index contributed by atoms with van der Waals surface area (Å²) in [5.41, 5.74) is 0. The van der Waals surface area contributed by atoms with Crippen LogP contribution >= 0.6 is 0 Å². The third-order valence-electron chi connectivity index (χ3n) is 3.52. The van der Waals surface area contributed by atoms with Crippen LogP contribution in [0, 0.1) is 0 Å². The average Bonchev–Trinajstić information content (AvgIpc) is 2.73. The Labute approximate surface area is 98.8 Å². The number of carbonyl (C=O) groups excluding carboxylic acids is 1. The summed E-state index contributed by atoms with van der Waals surface area (Å²) in [6, 6.07) is 1.12. The third-order valence-corrected chi connectivity index (χ3v) is 3.52. The summed E-state index contributed by atoms with van der Waals surface area (Å²) in [5, 5.41) is 6.10. The van der Waals surface area contributed by atoms with Crippen LogP contribution in [-0.2, 0) is 4.79 Å². The Balaban J connectivity index is 2.24. The number of hydrogen-bond donors (Lipinski definition) is 2. The van der Waals surface area contributed by atoms with Crippen LogP contribution in [-0.4, -0.2) is 49.6 Å². The first-order valence-electron chi connectivity index (χ1n) is 6.22. The Morgan fingerprint density at radius 3 is 2.75 bits per heavy atom. The maximum absolute atomic E-state index is 11.4. The van der Waals surface area contributed by atoms with Crippen molar-refractivity contribution < 1.29 is 4.79 Å². The van der Waals surface area contributed by atoms with Crippen LogP contribution in [0.15, 0.2) is 0 Å². The van der Waals surface area contributed by atoms with E-state index in [1.54, 1.807) is 7.05 Å². The van der Waals surface area contributed by atoms with E-state index in [1.807, 2.05) is 0 Å². The minimum absolute atomic E-state index is 0.0272. The molecule has 1 fully saturated rings. The highest BCUT2D eigenvalue weighted by molar-refractivity contribution is 5.81. The zero-order chi connectivity index (χ0) is 12.1. The lowest BCUT2D eigenvalue weighted by molar-refractivity contribution is -0.122. The van der Waals surface area contributed by atoms with E-state index in [0.717, 1.165) is 25.8 Å². The lowest BCUT2D eigenvalue weighted by Crippen LogP contribution is -2.42. The van der Waals surface area contributed by atoms with E-state index in [4.69, 9.17) is 0 Å². The summed E-state index contributed by atoms with van der Waals surface area (Å²) in [4.78, 5) is 13.8. The first kappa shape index (κ1) is 13.5. The molecule has 2 N–H and O–H groups in total. The van der Waals surface area contributed by atoms with Gasteiger partial charge in [0.15, 0.2) is 0 Å². The second-order valence-corrected chi connectivity index (χ2v) is 4.97. The van der Waals surface area contributed by atoms with Gasteiger partial charge in [-0.2, -0.15) is 0 Å². The van der Waals surface area contributed by atoms with Crippen molar-refractivity contribution in [1.29, 1.82) is 0 Å². The zero-order valence-electron chi connectivity index (χ0n) is 10.9. The van der Waals surface area contributed by atoms with Crippen LogP contribution in [0.1, 0.15) is 33.1 Å². The van der Waals surface area contributed by atoms with E-state index >= 15 is 0 Å². The summed E-state index contributed by atoms with van der Waals surface area (Å²) in [5.74, 6) is 0.125. The number of nitrogens with one attached hydrogen (secondary N) is 2. The fourth-order valence-corrected chi connectivity index (χ4v) is 2.05. The van der Waals surface area contributed by atoms with Gasteiger partial charge in [0, 0.05) is 19.1 Å². The average molecular weight is 227 g/mol. The van der Waals surface area contributed by atoms with E-state index in [0.29, 0.717) is 12.1 Å². The first-order valence-corrected chi connectivity index (χ1v) is 6.22. The predicted molar refractivity (Wildman–Crippen MR) is 66.4 cm³/mol. The molecular weight excluding hydrogens is 202 g/mol. The predicted octanol–water partition coefficient (Wildman–Crippen LogP) is 0.583. The van der Waals surface area contributed by atoms with Gasteiger partial charge in [0.1, 0.15) is 0 Å². The highest BCUT2D eigenvalue weighted by Crippen LogP contribution is 2.15. The molecule has 1 heterocycles. The molecule has 2 unspecified atom stereocenters. The van der Waals surface area contributed by atoms with Gasteiger partial charge in [-0.05, 0) is 46.7 Å². The second-order valence-electron chi connectivity index (χ2n) is 4.97. The van der Waals surface area contributed by atoms with E-state index in [9.17, 15) is 4.79 Å². The van der Waals surface area contributed by atoms with Gasteiger partial charge in [-0.15, -0.1) is 0 Å². The number of nitrogens with zero attached hydrogens (tertiary/aromatic N) is 1. The van der Waals surface area contributed by atoms with Crippen molar-refractivity contribution in [2.45, 2.75) is 51.2 Å². The molecule has 4 heteroatoms. The lowest BCUT2D eigenvalue weighted by Gasteiger charge is -2.23. The molecule has 0 aliphatic carbocycles.